The molecular formula is C37H24S. The Labute approximate surface area is 226 Å². The summed E-state index contributed by atoms with van der Waals surface area (Å²) >= 11 is 1.94. The Morgan fingerprint density at radius 3 is 1.55 bits per heavy atom. The molecule has 0 N–H and O–H groups in total. The van der Waals surface area contributed by atoms with E-state index in [0.29, 0.717) is 0 Å². The maximum Gasteiger partial charge on any atom is 0.0727 e. The van der Waals surface area contributed by atoms with Crippen molar-refractivity contribution < 1.29 is 0 Å². The second-order valence-electron chi connectivity index (χ2n) is 10.0. The number of rotatable bonds is 3. The number of hydrogen-bond donors (Lipinski definition) is 0. The summed E-state index contributed by atoms with van der Waals surface area (Å²) in [6, 6.07) is 53.5. The predicted molar refractivity (Wildman–Crippen MR) is 162 cm³/mol. The van der Waals surface area contributed by atoms with Gasteiger partial charge in [0.25, 0.3) is 0 Å². The number of benzene rings is 6. The third-order valence-electron chi connectivity index (χ3n) is 8.17. The summed E-state index contributed by atoms with van der Waals surface area (Å²) in [5, 5.41) is 2.66. The number of fused-ring (bicyclic) bond motifs is 6. The van der Waals surface area contributed by atoms with Crippen LogP contribution >= 0.6 is 11.3 Å². The van der Waals surface area contributed by atoms with Crippen LogP contribution in [0.3, 0.4) is 0 Å². The molecule has 1 heterocycles. The second kappa shape index (κ2) is 8.28. The van der Waals surface area contributed by atoms with Gasteiger partial charge in [-0.2, -0.15) is 0 Å². The van der Waals surface area contributed by atoms with Crippen LogP contribution < -0.4 is 0 Å². The van der Waals surface area contributed by atoms with Crippen molar-refractivity contribution in [1.82, 2.24) is 0 Å². The quantitative estimate of drug-likeness (QED) is 0.226. The van der Waals surface area contributed by atoms with Crippen LogP contribution in [0, 0.1) is 0 Å². The van der Waals surface area contributed by atoms with Gasteiger partial charge in [0, 0.05) is 20.2 Å². The van der Waals surface area contributed by atoms with Crippen molar-refractivity contribution in [2.75, 3.05) is 0 Å². The average molecular weight is 501 g/mol. The average Bonchev–Trinajstić information content (AvgIpc) is 3.52. The summed E-state index contributed by atoms with van der Waals surface area (Å²) < 4.78 is 2.71. The van der Waals surface area contributed by atoms with Crippen molar-refractivity contribution in [2.45, 2.75) is 5.41 Å². The van der Waals surface area contributed by atoms with Gasteiger partial charge < -0.3 is 0 Å². The van der Waals surface area contributed by atoms with Crippen LogP contribution in [0.5, 0.6) is 0 Å². The van der Waals surface area contributed by atoms with Crippen molar-refractivity contribution in [3.8, 4) is 22.3 Å². The zero-order valence-corrected chi connectivity index (χ0v) is 21.6. The molecule has 0 radical (unpaired) electrons. The Morgan fingerprint density at radius 1 is 0.368 bits per heavy atom. The standard InChI is InChI=1S/C37H24S/c1-3-13-25(14-4-1)27-19-11-20-30-31-21-12-24-34(36(31)38-35(27)30)37(26-15-5-2-6-16-26)32-22-9-7-17-28(32)29-18-8-10-23-33(29)37/h1-24H. The van der Waals surface area contributed by atoms with E-state index in [1.54, 1.807) is 0 Å². The zero-order chi connectivity index (χ0) is 25.1. The molecule has 0 spiro atoms. The molecule has 0 atom stereocenters. The van der Waals surface area contributed by atoms with Crippen LogP contribution in [0.1, 0.15) is 22.3 Å². The molecule has 0 fully saturated rings. The smallest absolute Gasteiger partial charge is 0.0727 e. The highest BCUT2D eigenvalue weighted by Crippen LogP contribution is 2.58. The molecule has 38 heavy (non-hydrogen) atoms. The predicted octanol–water partition coefficient (Wildman–Crippen LogP) is 10.1. The fourth-order valence-corrected chi connectivity index (χ4v) is 8.05. The van der Waals surface area contributed by atoms with Crippen LogP contribution in [-0.4, -0.2) is 0 Å². The molecule has 1 aliphatic carbocycles. The first-order valence-electron chi connectivity index (χ1n) is 13.1. The lowest BCUT2D eigenvalue weighted by Gasteiger charge is -2.34. The maximum absolute atomic E-state index is 2.37. The van der Waals surface area contributed by atoms with Crippen LogP contribution in [0.4, 0.5) is 0 Å². The highest BCUT2D eigenvalue weighted by molar-refractivity contribution is 7.26. The Bertz CT molecular complexity index is 1920. The minimum atomic E-state index is -0.387. The van der Waals surface area contributed by atoms with Gasteiger partial charge >= 0.3 is 0 Å². The fraction of sp³-hybridized carbons (Fsp3) is 0.0270. The molecule has 1 heteroatoms. The van der Waals surface area contributed by atoms with Gasteiger partial charge in [0.1, 0.15) is 0 Å². The first kappa shape index (κ1) is 21.6. The molecule has 0 unspecified atom stereocenters. The topological polar surface area (TPSA) is 0 Å². The summed E-state index contributed by atoms with van der Waals surface area (Å²) in [6.45, 7) is 0. The van der Waals surface area contributed by atoms with E-state index in [0.717, 1.165) is 0 Å². The Balaban J connectivity index is 1.54. The molecule has 0 nitrogen and oxygen atoms in total. The lowest BCUT2D eigenvalue weighted by atomic mass is 9.67. The maximum atomic E-state index is 2.37. The van der Waals surface area contributed by atoms with Gasteiger partial charge in [0.15, 0.2) is 0 Å². The molecule has 0 saturated carbocycles. The van der Waals surface area contributed by atoms with Gasteiger partial charge in [-0.15, -0.1) is 11.3 Å². The van der Waals surface area contributed by atoms with Crippen molar-refractivity contribution in [2.24, 2.45) is 0 Å². The highest BCUT2D eigenvalue weighted by atomic mass is 32.1. The molecule has 1 aromatic heterocycles. The molecule has 1 aliphatic rings. The normalized spacial score (nSPS) is 13.5. The van der Waals surface area contributed by atoms with Gasteiger partial charge in [-0.1, -0.05) is 146 Å². The fourth-order valence-electron chi connectivity index (χ4n) is 6.64. The first-order valence-corrected chi connectivity index (χ1v) is 13.9. The largest absolute Gasteiger partial charge is 0.134 e. The van der Waals surface area contributed by atoms with E-state index in [9.17, 15) is 0 Å². The Kier molecular flexibility index (Phi) is 4.71. The molecule has 0 saturated heterocycles. The van der Waals surface area contributed by atoms with E-state index in [4.69, 9.17) is 0 Å². The summed E-state index contributed by atoms with van der Waals surface area (Å²) in [5.41, 5.74) is 10.2. The van der Waals surface area contributed by atoms with Crippen LogP contribution in [0.15, 0.2) is 146 Å². The number of hydrogen-bond acceptors (Lipinski definition) is 1. The molecule has 7 aromatic rings. The van der Waals surface area contributed by atoms with Gasteiger partial charge in [-0.3, -0.25) is 0 Å². The SMILES string of the molecule is c1ccc(-c2cccc3c2sc2c(C4(c5ccccc5)c5ccccc5-c5ccccc54)cccc23)cc1. The van der Waals surface area contributed by atoms with Crippen molar-refractivity contribution >= 4 is 31.5 Å². The molecular weight excluding hydrogens is 476 g/mol. The second-order valence-corrected chi connectivity index (χ2v) is 11.1. The third-order valence-corrected chi connectivity index (χ3v) is 9.46. The summed E-state index contributed by atoms with van der Waals surface area (Å²) in [4.78, 5) is 0. The monoisotopic (exact) mass is 500 g/mol. The lowest BCUT2D eigenvalue weighted by molar-refractivity contribution is 0.778. The number of thiophene rings is 1. The minimum Gasteiger partial charge on any atom is -0.134 e. The molecule has 6 aromatic carbocycles. The summed E-state index contributed by atoms with van der Waals surface area (Å²) in [7, 11) is 0. The van der Waals surface area contributed by atoms with E-state index in [2.05, 4.69) is 146 Å². The van der Waals surface area contributed by atoms with E-state index in [-0.39, 0.29) is 5.41 Å². The van der Waals surface area contributed by atoms with Gasteiger partial charge in [-0.05, 0) is 44.5 Å². The third kappa shape index (κ3) is 2.85. The lowest BCUT2D eigenvalue weighted by Crippen LogP contribution is -2.28. The van der Waals surface area contributed by atoms with Gasteiger partial charge in [0.2, 0.25) is 0 Å². The van der Waals surface area contributed by atoms with Gasteiger partial charge in [0.05, 0.1) is 5.41 Å². The van der Waals surface area contributed by atoms with Crippen LogP contribution in [-0.2, 0) is 5.41 Å². The molecule has 0 amide bonds. The Morgan fingerprint density at radius 2 is 0.868 bits per heavy atom. The van der Waals surface area contributed by atoms with E-state index < -0.39 is 0 Å². The van der Waals surface area contributed by atoms with Crippen molar-refractivity contribution in [3.63, 3.8) is 0 Å². The van der Waals surface area contributed by atoms with Crippen molar-refractivity contribution in [3.05, 3.63) is 168 Å². The molecule has 178 valence electrons. The van der Waals surface area contributed by atoms with E-state index >= 15 is 0 Å². The van der Waals surface area contributed by atoms with Crippen molar-refractivity contribution in [1.29, 1.82) is 0 Å². The van der Waals surface area contributed by atoms with Crippen LogP contribution in [0.2, 0.25) is 0 Å². The molecule has 0 aliphatic heterocycles. The first-order chi connectivity index (χ1) is 18.9. The minimum absolute atomic E-state index is 0.387. The zero-order valence-electron chi connectivity index (χ0n) is 20.8. The summed E-state index contributed by atoms with van der Waals surface area (Å²) in [5.74, 6) is 0. The molecule has 0 bridgehead atoms. The molecule has 8 rings (SSSR count). The van der Waals surface area contributed by atoms with E-state index in [1.165, 1.54) is 64.7 Å². The summed E-state index contributed by atoms with van der Waals surface area (Å²) in [6.07, 6.45) is 0. The van der Waals surface area contributed by atoms with Crippen LogP contribution in [0.25, 0.3) is 42.4 Å². The van der Waals surface area contributed by atoms with E-state index in [1.807, 2.05) is 11.3 Å². The Hall–Kier alpha value is -4.46. The highest BCUT2D eigenvalue weighted by Gasteiger charge is 2.46. The van der Waals surface area contributed by atoms with Gasteiger partial charge in [-0.25, -0.2) is 0 Å².